The van der Waals surface area contributed by atoms with Gasteiger partial charge in [0, 0.05) is 22.8 Å². The van der Waals surface area contributed by atoms with Crippen LogP contribution in [0.25, 0.3) is 0 Å². The van der Waals surface area contributed by atoms with Crippen LogP contribution in [-0.2, 0) is 14.3 Å². The molecule has 0 aliphatic carbocycles. The van der Waals surface area contributed by atoms with E-state index >= 15 is 0 Å². The number of hydrogen-bond acceptors (Lipinski definition) is 4. The van der Waals surface area contributed by atoms with Gasteiger partial charge in [-0.25, -0.2) is 4.39 Å². The largest absolute Gasteiger partial charge is 0.465 e. The highest BCUT2D eigenvalue weighted by Crippen LogP contribution is 2.14. The zero-order valence-corrected chi connectivity index (χ0v) is 14.1. The Hall–Kier alpha value is -1.22. The molecular weight excluding hydrogens is 392 g/mol. The highest BCUT2D eigenvalue weighted by Gasteiger charge is 2.20. The average Bonchev–Trinajstić information content (AvgIpc) is 2.46. The summed E-state index contributed by atoms with van der Waals surface area (Å²) in [5.41, 5.74) is 0.188. The van der Waals surface area contributed by atoms with E-state index in [1.165, 1.54) is 24.1 Å². The number of esters is 1. The van der Waals surface area contributed by atoms with Crippen LogP contribution >= 0.6 is 22.6 Å². The van der Waals surface area contributed by atoms with Crippen LogP contribution in [0.15, 0.2) is 18.2 Å². The molecule has 1 amide bonds. The molecule has 0 aliphatic heterocycles. The topological polar surface area (TPSA) is 55.8 Å². The first kappa shape index (κ1) is 17.8. The molecule has 0 aromatic heterocycles. The monoisotopic (exact) mass is 409 g/mol. The zero-order valence-electron chi connectivity index (χ0n) is 11.9. The molecule has 0 bridgehead atoms. The number of carbonyl (C=O) groups is 2. The van der Waals surface area contributed by atoms with Gasteiger partial charge >= 0.3 is 5.97 Å². The standard InChI is InChI=1S/C14H17FINO4/c1-3-21-13(18)9-17(6-7-20-2)14(19)10-4-5-12(16)11(15)8-10/h4-5,8H,3,6-7,9H2,1-2H3. The maximum Gasteiger partial charge on any atom is 0.325 e. The average molecular weight is 409 g/mol. The third-order valence-electron chi connectivity index (χ3n) is 2.64. The predicted molar refractivity (Wildman–Crippen MR) is 83.5 cm³/mol. The lowest BCUT2D eigenvalue weighted by Crippen LogP contribution is -2.38. The molecule has 1 aromatic rings. The van der Waals surface area contributed by atoms with Gasteiger partial charge in [-0.05, 0) is 47.7 Å². The van der Waals surface area contributed by atoms with Crippen molar-refractivity contribution in [3.05, 3.63) is 33.1 Å². The third kappa shape index (κ3) is 5.58. The van der Waals surface area contributed by atoms with Crippen molar-refractivity contribution in [2.75, 3.05) is 33.4 Å². The van der Waals surface area contributed by atoms with Crippen LogP contribution in [-0.4, -0.2) is 50.2 Å². The Bertz CT molecular complexity index is 510. The molecule has 0 radical (unpaired) electrons. The Morgan fingerprint density at radius 2 is 2.10 bits per heavy atom. The lowest BCUT2D eigenvalue weighted by atomic mass is 10.2. The molecule has 116 valence electrons. The fraction of sp³-hybridized carbons (Fsp3) is 0.429. The Kier molecular flexibility index (Phi) is 7.58. The summed E-state index contributed by atoms with van der Waals surface area (Å²) in [5.74, 6) is -1.41. The van der Waals surface area contributed by atoms with Crippen molar-refractivity contribution in [1.29, 1.82) is 0 Å². The van der Waals surface area contributed by atoms with E-state index in [0.717, 1.165) is 6.07 Å². The van der Waals surface area contributed by atoms with Crippen LogP contribution < -0.4 is 0 Å². The summed E-state index contributed by atoms with van der Waals surface area (Å²) in [5, 5.41) is 0. The highest BCUT2D eigenvalue weighted by atomic mass is 127. The summed E-state index contributed by atoms with van der Waals surface area (Å²) in [6.07, 6.45) is 0. The van der Waals surface area contributed by atoms with Crippen molar-refractivity contribution in [1.82, 2.24) is 4.90 Å². The Balaban J connectivity index is 2.87. The molecular formula is C14H17FINO4. The summed E-state index contributed by atoms with van der Waals surface area (Å²) in [4.78, 5) is 25.2. The second-order valence-electron chi connectivity index (χ2n) is 4.15. The van der Waals surface area contributed by atoms with Crippen molar-refractivity contribution in [3.63, 3.8) is 0 Å². The molecule has 0 N–H and O–H groups in total. The van der Waals surface area contributed by atoms with Gasteiger partial charge < -0.3 is 14.4 Å². The number of rotatable bonds is 7. The van der Waals surface area contributed by atoms with Gasteiger partial charge in [-0.15, -0.1) is 0 Å². The molecule has 0 atom stereocenters. The maximum atomic E-state index is 13.5. The summed E-state index contributed by atoms with van der Waals surface area (Å²) in [6, 6.07) is 4.20. The molecule has 21 heavy (non-hydrogen) atoms. The van der Waals surface area contributed by atoms with Crippen LogP contribution in [0.5, 0.6) is 0 Å². The minimum atomic E-state index is -0.507. The molecule has 0 fully saturated rings. The fourth-order valence-corrected chi connectivity index (χ4v) is 1.96. The number of nitrogens with zero attached hydrogens (tertiary/aromatic N) is 1. The highest BCUT2D eigenvalue weighted by molar-refractivity contribution is 14.1. The fourth-order valence-electron chi connectivity index (χ4n) is 1.63. The summed E-state index contributed by atoms with van der Waals surface area (Å²) in [7, 11) is 1.50. The normalized spacial score (nSPS) is 10.3. The second-order valence-corrected chi connectivity index (χ2v) is 5.32. The number of ether oxygens (including phenoxy) is 2. The van der Waals surface area contributed by atoms with Crippen LogP contribution in [0.2, 0.25) is 0 Å². The summed E-state index contributed by atoms with van der Waals surface area (Å²) in [6.45, 7) is 2.24. The molecule has 0 saturated carbocycles. The number of carbonyl (C=O) groups excluding carboxylic acids is 2. The second kappa shape index (κ2) is 8.93. The first-order valence-electron chi connectivity index (χ1n) is 6.38. The minimum Gasteiger partial charge on any atom is -0.465 e. The van der Waals surface area contributed by atoms with Gasteiger partial charge in [0.05, 0.1) is 13.2 Å². The van der Waals surface area contributed by atoms with Gasteiger partial charge in [-0.3, -0.25) is 9.59 Å². The van der Waals surface area contributed by atoms with E-state index in [2.05, 4.69) is 0 Å². The SMILES string of the molecule is CCOC(=O)CN(CCOC)C(=O)c1ccc(I)c(F)c1. The molecule has 0 unspecified atom stereocenters. The van der Waals surface area contributed by atoms with E-state index in [1.807, 2.05) is 22.6 Å². The van der Waals surface area contributed by atoms with Gasteiger partial charge in [-0.2, -0.15) is 0 Å². The summed E-state index contributed by atoms with van der Waals surface area (Å²) >= 11 is 1.84. The van der Waals surface area contributed by atoms with Gasteiger partial charge in [-0.1, -0.05) is 0 Å². The van der Waals surface area contributed by atoms with E-state index in [4.69, 9.17) is 9.47 Å². The molecule has 7 heteroatoms. The molecule has 5 nitrogen and oxygen atoms in total. The van der Waals surface area contributed by atoms with E-state index in [0.29, 0.717) is 3.57 Å². The van der Waals surface area contributed by atoms with Crippen LogP contribution in [0, 0.1) is 9.39 Å². The molecule has 1 rings (SSSR count). The number of hydrogen-bond donors (Lipinski definition) is 0. The quantitative estimate of drug-likeness (QED) is 0.511. The first-order valence-corrected chi connectivity index (χ1v) is 7.46. The number of benzene rings is 1. The van der Waals surface area contributed by atoms with E-state index in [1.54, 1.807) is 6.92 Å². The Morgan fingerprint density at radius 3 is 2.67 bits per heavy atom. The number of amides is 1. The molecule has 0 heterocycles. The lowest BCUT2D eigenvalue weighted by molar-refractivity contribution is -0.143. The van der Waals surface area contributed by atoms with Crippen LogP contribution in [0.4, 0.5) is 4.39 Å². The summed E-state index contributed by atoms with van der Waals surface area (Å²) < 4.78 is 23.7. The van der Waals surface area contributed by atoms with Crippen LogP contribution in [0.3, 0.4) is 0 Å². The molecule has 0 aliphatic rings. The molecule has 0 saturated heterocycles. The van der Waals surface area contributed by atoms with Gasteiger partial charge in [0.15, 0.2) is 0 Å². The maximum absolute atomic E-state index is 13.5. The van der Waals surface area contributed by atoms with Crippen molar-refractivity contribution in [3.8, 4) is 0 Å². The van der Waals surface area contributed by atoms with Crippen molar-refractivity contribution in [2.24, 2.45) is 0 Å². The predicted octanol–water partition coefficient (Wildman–Crippen LogP) is 2.08. The van der Waals surface area contributed by atoms with Gasteiger partial charge in [0.1, 0.15) is 12.4 Å². The molecule has 0 spiro atoms. The smallest absolute Gasteiger partial charge is 0.325 e. The van der Waals surface area contributed by atoms with Crippen LogP contribution in [0.1, 0.15) is 17.3 Å². The van der Waals surface area contributed by atoms with Crippen molar-refractivity contribution < 1.29 is 23.5 Å². The minimum absolute atomic E-state index is 0.188. The number of methoxy groups -OCH3 is 1. The van der Waals surface area contributed by atoms with Crippen molar-refractivity contribution in [2.45, 2.75) is 6.92 Å². The first-order chi connectivity index (χ1) is 9.99. The number of halogens is 2. The van der Waals surface area contributed by atoms with E-state index in [-0.39, 0.29) is 31.9 Å². The molecule has 1 aromatic carbocycles. The Morgan fingerprint density at radius 1 is 1.38 bits per heavy atom. The van der Waals surface area contributed by atoms with E-state index in [9.17, 15) is 14.0 Å². The lowest BCUT2D eigenvalue weighted by Gasteiger charge is -2.21. The van der Waals surface area contributed by atoms with Gasteiger partial charge in [0.25, 0.3) is 5.91 Å². The zero-order chi connectivity index (χ0) is 15.8. The van der Waals surface area contributed by atoms with Gasteiger partial charge in [0.2, 0.25) is 0 Å². The Labute approximate surface area is 136 Å². The van der Waals surface area contributed by atoms with E-state index < -0.39 is 17.7 Å². The van der Waals surface area contributed by atoms with Crippen molar-refractivity contribution >= 4 is 34.5 Å². The third-order valence-corrected chi connectivity index (χ3v) is 3.52.